The number of carbonyl (C=O) groups is 1. The van der Waals surface area contributed by atoms with Gasteiger partial charge in [0.1, 0.15) is 5.75 Å². The summed E-state index contributed by atoms with van der Waals surface area (Å²) in [5, 5.41) is 9.37. The van der Waals surface area contributed by atoms with Gasteiger partial charge in [-0.05, 0) is 36.8 Å². The molecule has 2 aromatic carbocycles. The lowest BCUT2D eigenvalue weighted by molar-refractivity contribution is 0.0734. The van der Waals surface area contributed by atoms with Gasteiger partial charge < -0.3 is 9.84 Å². The van der Waals surface area contributed by atoms with E-state index >= 15 is 0 Å². The molecule has 0 radical (unpaired) electrons. The van der Waals surface area contributed by atoms with E-state index < -0.39 is 6.10 Å². The molecule has 0 aromatic heterocycles. The summed E-state index contributed by atoms with van der Waals surface area (Å²) in [7, 11) is 0. The minimum atomic E-state index is -0.524. The average molecular weight is 242 g/mol. The zero-order valence-electron chi connectivity index (χ0n) is 10.0. The topological polar surface area (TPSA) is 46.5 Å². The Morgan fingerprint density at radius 2 is 1.67 bits per heavy atom. The molecule has 1 N–H and O–H groups in total. The number of hydrogen-bond donors (Lipinski definition) is 1. The normalized spacial score (nSPS) is 11.9. The largest absolute Gasteiger partial charge is 0.423 e. The van der Waals surface area contributed by atoms with Crippen LogP contribution in [0.15, 0.2) is 54.6 Å². The molecule has 0 spiro atoms. The van der Waals surface area contributed by atoms with Crippen molar-refractivity contribution in [2.45, 2.75) is 13.0 Å². The van der Waals surface area contributed by atoms with Crippen LogP contribution in [0.1, 0.15) is 28.9 Å². The Labute approximate surface area is 106 Å². The highest BCUT2D eigenvalue weighted by molar-refractivity contribution is 5.90. The van der Waals surface area contributed by atoms with Gasteiger partial charge >= 0.3 is 5.97 Å². The number of aliphatic hydroxyl groups is 1. The Hall–Kier alpha value is -2.13. The summed E-state index contributed by atoms with van der Waals surface area (Å²) in [4.78, 5) is 11.8. The zero-order valence-corrected chi connectivity index (χ0v) is 10.0. The third-order valence-electron chi connectivity index (χ3n) is 2.58. The van der Waals surface area contributed by atoms with Gasteiger partial charge in [0.15, 0.2) is 0 Å². The number of rotatable bonds is 3. The predicted molar refractivity (Wildman–Crippen MR) is 68.5 cm³/mol. The fourth-order valence-corrected chi connectivity index (χ4v) is 1.55. The van der Waals surface area contributed by atoms with Crippen LogP contribution in [0.25, 0.3) is 0 Å². The van der Waals surface area contributed by atoms with Gasteiger partial charge in [0.25, 0.3) is 0 Å². The number of hydrogen-bond acceptors (Lipinski definition) is 3. The molecule has 0 aliphatic heterocycles. The van der Waals surface area contributed by atoms with Crippen LogP contribution in [0.3, 0.4) is 0 Å². The first-order chi connectivity index (χ1) is 8.66. The molecule has 92 valence electrons. The van der Waals surface area contributed by atoms with Gasteiger partial charge in [-0.25, -0.2) is 4.79 Å². The Kier molecular flexibility index (Phi) is 3.75. The molecular weight excluding hydrogens is 228 g/mol. The van der Waals surface area contributed by atoms with Gasteiger partial charge in [-0.15, -0.1) is 0 Å². The third kappa shape index (κ3) is 2.96. The lowest BCUT2D eigenvalue weighted by Crippen LogP contribution is -2.08. The second-order valence-electron chi connectivity index (χ2n) is 4.00. The van der Waals surface area contributed by atoms with E-state index in [4.69, 9.17) is 4.74 Å². The van der Waals surface area contributed by atoms with Crippen LogP contribution in [-0.4, -0.2) is 11.1 Å². The molecule has 0 saturated heterocycles. The summed E-state index contributed by atoms with van der Waals surface area (Å²) in [5.41, 5.74) is 1.30. The van der Waals surface area contributed by atoms with Crippen molar-refractivity contribution in [2.75, 3.05) is 0 Å². The summed E-state index contributed by atoms with van der Waals surface area (Å²) in [6.45, 7) is 1.69. The number of aliphatic hydroxyl groups excluding tert-OH is 1. The molecule has 1 atom stereocenters. The van der Waals surface area contributed by atoms with Crippen LogP contribution in [0.5, 0.6) is 5.75 Å². The molecule has 0 unspecified atom stereocenters. The first-order valence-electron chi connectivity index (χ1n) is 5.72. The molecular formula is C15H14O3. The van der Waals surface area contributed by atoms with E-state index in [1.807, 2.05) is 6.07 Å². The fraction of sp³-hybridized carbons (Fsp3) is 0.133. The lowest BCUT2D eigenvalue weighted by Gasteiger charge is -2.07. The maximum atomic E-state index is 11.8. The van der Waals surface area contributed by atoms with E-state index in [0.717, 1.165) is 5.56 Å². The average Bonchev–Trinajstić information content (AvgIpc) is 2.40. The van der Waals surface area contributed by atoms with E-state index in [1.54, 1.807) is 55.5 Å². The highest BCUT2D eigenvalue weighted by atomic mass is 16.5. The summed E-state index contributed by atoms with van der Waals surface area (Å²) in [6.07, 6.45) is -0.524. The van der Waals surface area contributed by atoms with Gasteiger partial charge in [0, 0.05) is 0 Å². The van der Waals surface area contributed by atoms with Crippen molar-refractivity contribution in [2.24, 2.45) is 0 Å². The van der Waals surface area contributed by atoms with Gasteiger partial charge in [-0.2, -0.15) is 0 Å². The monoisotopic (exact) mass is 242 g/mol. The Bertz CT molecular complexity index is 515. The smallest absolute Gasteiger partial charge is 0.343 e. The number of ether oxygens (including phenoxy) is 1. The number of benzene rings is 2. The molecule has 0 aliphatic rings. The summed E-state index contributed by atoms with van der Waals surface area (Å²) in [5.74, 6) is 0.0775. The fourth-order valence-electron chi connectivity index (χ4n) is 1.55. The second-order valence-corrected chi connectivity index (χ2v) is 4.00. The molecule has 0 amide bonds. The Morgan fingerprint density at radius 1 is 1.06 bits per heavy atom. The highest BCUT2D eigenvalue weighted by Crippen LogP contribution is 2.18. The first-order valence-corrected chi connectivity index (χ1v) is 5.72. The van der Waals surface area contributed by atoms with Gasteiger partial charge in [0.2, 0.25) is 0 Å². The molecule has 0 heterocycles. The van der Waals surface area contributed by atoms with Crippen LogP contribution in [0, 0.1) is 0 Å². The standard InChI is InChI=1S/C15H14O3/c1-11(16)12-7-9-14(10-8-12)18-15(17)13-5-3-2-4-6-13/h2-11,16H,1H3/t11-/m1/s1. The molecule has 0 saturated carbocycles. The van der Waals surface area contributed by atoms with Crippen molar-refractivity contribution in [3.63, 3.8) is 0 Å². The predicted octanol–water partition coefficient (Wildman–Crippen LogP) is 2.96. The van der Waals surface area contributed by atoms with Gasteiger partial charge in [-0.1, -0.05) is 30.3 Å². The van der Waals surface area contributed by atoms with Gasteiger partial charge in [0.05, 0.1) is 11.7 Å². The van der Waals surface area contributed by atoms with Crippen LogP contribution in [-0.2, 0) is 0 Å². The number of carbonyl (C=O) groups excluding carboxylic acids is 1. The Morgan fingerprint density at radius 3 is 2.22 bits per heavy atom. The summed E-state index contributed by atoms with van der Waals surface area (Å²) in [6, 6.07) is 15.6. The summed E-state index contributed by atoms with van der Waals surface area (Å²) < 4.78 is 5.21. The van der Waals surface area contributed by atoms with E-state index in [-0.39, 0.29) is 5.97 Å². The van der Waals surface area contributed by atoms with E-state index in [9.17, 15) is 9.90 Å². The molecule has 0 bridgehead atoms. The number of esters is 1. The molecule has 2 rings (SSSR count). The second kappa shape index (κ2) is 5.47. The summed E-state index contributed by atoms with van der Waals surface area (Å²) >= 11 is 0. The van der Waals surface area contributed by atoms with E-state index in [2.05, 4.69) is 0 Å². The minimum absolute atomic E-state index is 0.389. The van der Waals surface area contributed by atoms with Crippen molar-refractivity contribution in [3.8, 4) is 5.75 Å². The molecule has 0 aliphatic carbocycles. The maximum Gasteiger partial charge on any atom is 0.343 e. The maximum absolute atomic E-state index is 11.8. The van der Waals surface area contributed by atoms with Crippen LogP contribution < -0.4 is 4.74 Å². The van der Waals surface area contributed by atoms with Gasteiger partial charge in [-0.3, -0.25) is 0 Å². The molecule has 2 aromatic rings. The van der Waals surface area contributed by atoms with E-state index in [1.165, 1.54) is 0 Å². The Balaban J connectivity index is 2.08. The highest BCUT2D eigenvalue weighted by Gasteiger charge is 2.08. The zero-order chi connectivity index (χ0) is 13.0. The van der Waals surface area contributed by atoms with Crippen molar-refractivity contribution in [1.29, 1.82) is 0 Å². The first kappa shape index (κ1) is 12.3. The molecule has 0 fully saturated rings. The SMILES string of the molecule is C[C@@H](O)c1ccc(OC(=O)c2ccccc2)cc1. The van der Waals surface area contributed by atoms with Crippen LogP contribution in [0.4, 0.5) is 0 Å². The molecule has 3 nitrogen and oxygen atoms in total. The van der Waals surface area contributed by atoms with Crippen molar-refractivity contribution in [3.05, 3.63) is 65.7 Å². The lowest BCUT2D eigenvalue weighted by atomic mass is 10.1. The quantitative estimate of drug-likeness (QED) is 0.665. The van der Waals surface area contributed by atoms with Crippen molar-refractivity contribution >= 4 is 5.97 Å². The van der Waals surface area contributed by atoms with Crippen LogP contribution in [0.2, 0.25) is 0 Å². The minimum Gasteiger partial charge on any atom is -0.423 e. The molecule has 18 heavy (non-hydrogen) atoms. The van der Waals surface area contributed by atoms with E-state index in [0.29, 0.717) is 11.3 Å². The molecule has 3 heteroatoms. The third-order valence-corrected chi connectivity index (χ3v) is 2.58. The van der Waals surface area contributed by atoms with Crippen LogP contribution >= 0.6 is 0 Å². The van der Waals surface area contributed by atoms with Crippen molar-refractivity contribution < 1.29 is 14.6 Å². The van der Waals surface area contributed by atoms with Crippen molar-refractivity contribution in [1.82, 2.24) is 0 Å².